The van der Waals surface area contributed by atoms with Crippen LogP contribution in [0.4, 0.5) is 0 Å². The number of benzene rings is 1. The third-order valence-corrected chi connectivity index (χ3v) is 9.38. The molecule has 21 heavy (non-hydrogen) atoms. The highest BCUT2D eigenvalue weighted by Gasteiger charge is 2.39. The zero-order valence-corrected chi connectivity index (χ0v) is 18.5. The zero-order valence-electron chi connectivity index (χ0n) is 13.7. The van der Waals surface area contributed by atoms with Crippen LogP contribution in [0.25, 0.3) is 0 Å². The molecule has 3 heteroatoms. The third-order valence-electron chi connectivity index (χ3n) is 5.87. The molecule has 0 spiro atoms. The molecule has 118 valence electrons. The van der Waals surface area contributed by atoms with E-state index in [1.807, 2.05) is 0 Å². The van der Waals surface area contributed by atoms with Gasteiger partial charge in [-0.1, -0.05) is 68.6 Å². The lowest BCUT2D eigenvalue weighted by atomic mass is 9.67. The number of rotatable bonds is 1. The Hall–Kier alpha value is 0.660. The van der Waals surface area contributed by atoms with Crippen LogP contribution in [0.1, 0.15) is 55.4 Å². The van der Waals surface area contributed by atoms with Crippen molar-refractivity contribution in [1.82, 2.24) is 0 Å². The molecule has 1 fully saturated rings. The summed E-state index contributed by atoms with van der Waals surface area (Å²) in [5.41, 5.74) is 5.60. The van der Waals surface area contributed by atoms with E-state index in [4.69, 9.17) is 0 Å². The van der Waals surface area contributed by atoms with Gasteiger partial charge in [0.2, 0.25) is 0 Å². The molecule has 5 atom stereocenters. The molecule has 0 N–H and O–H groups in total. The van der Waals surface area contributed by atoms with Gasteiger partial charge in [-0.3, -0.25) is 0 Å². The van der Waals surface area contributed by atoms with E-state index in [-0.39, 0.29) is 0 Å². The maximum absolute atomic E-state index is 4.02. The fraction of sp³-hybridized carbons (Fsp3) is 0.667. The van der Waals surface area contributed by atoms with E-state index in [1.54, 1.807) is 0 Å². The average Bonchev–Trinajstić information content (AvgIpc) is 2.46. The smallest absolute Gasteiger partial charge is 0.0253 e. The predicted octanol–water partition coefficient (Wildman–Crippen LogP) is 7.30. The summed E-state index contributed by atoms with van der Waals surface area (Å²) in [5, 5.41) is 0. The minimum absolute atomic E-state index is 0.540. The van der Waals surface area contributed by atoms with Crippen molar-refractivity contribution >= 4 is 47.8 Å². The van der Waals surface area contributed by atoms with Gasteiger partial charge in [0.25, 0.3) is 0 Å². The van der Waals surface area contributed by atoms with E-state index in [1.165, 1.54) is 37.6 Å². The molecule has 0 saturated heterocycles. The molecule has 1 aromatic rings. The van der Waals surface area contributed by atoms with Gasteiger partial charge in [-0.05, 0) is 73.1 Å². The highest BCUT2D eigenvalue weighted by molar-refractivity contribution is 9.11. The lowest BCUT2D eigenvalue weighted by molar-refractivity contribution is 0.186. The minimum atomic E-state index is 0.540. The van der Waals surface area contributed by atoms with Crippen LogP contribution in [-0.2, 0) is 0 Å². The molecule has 0 aliphatic heterocycles. The van der Waals surface area contributed by atoms with Gasteiger partial charge in [0.05, 0.1) is 0 Å². The van der Waals surface area contributed by atoms with Crippen LogP contribution in [0, 0.1) is 38.5 Å². The fourth-order valence-electron chi connectivity index (χ4n) is 3.63. The van der Waals surface area contributed by atoms with Gasteiger partial charge < -0.3 is 0 Å². The zero-order chi connectivity index (χ0) is 16.1. The number of hydrogen-bond donors (Lipinski definition) is 0. The SMILES string of the molecule is Cc1c(C)c(Br)c(C2CC(C)C(C)C(C)C2Br)c(Br)c1C. The van der Waals surface area contributed by atoms with Crippen molar-refractivity contribution in [3.8, 4) is 0 Å². The van der Waals surface area contributed by atoms with Gasteiger partial charge in [-0.2, -0.15) is 0 Å². The predicted molar refractivity (Wildman–Crippen MR) is 104 cm³/mol. The van der Waals surface area contributed by atoms with E-state index in [2.05, 4.69) is 89.3 Å². The van der Waals surface area contributed by atoms with Crippen molar-refractivity contribution in [1.29, 1.82) is 0 Å². The molecule has 5 unspecified atom stereocenters. The van der Waals surface area contributed by atoms with Crippen LogP contribution in [0.2, 0.25) is 0 Å². The summed E-state index contributed by atoms with van der Waals surface area (Å²) in [5.74, 6) is 2.79. The molecule has 0 radical (unpaired) electrons. The Kier molecular flexibility index (Phi) is 5.70. The fourth-order valence-corrected chi connectivity index (χ4v) is 6.44. The van der Waals surface area contributed by atoms with Gasteiger partial charge in [0.1, 0.15) is 0 Å². The first kappa shape index (κ1) is 18.0. The molecular formula is C18H25Br3. The Morgan fingerprint density at radius 2 is 1.29 bits per heavy atom. The Bertz CT molecular complexity index is 521. The minimum Gasteiger partial charge on any atom is -0.0881 e. The lowest BCUT2D eigenvalue weighted by Gasteiger charge is -2.42. The second-order valence-electron chi connectivity index (χ2n) is 6.90. The van der Waals surface area contributed by atoms with Crippen LogP contribution >= 0.6 is 47.8 Å². The van der Waals surface area contributed by atoms with Crippen LogP contribution in [-0.4, -0.2) is 4.83 Å². The largest absolute Gasteiger partial charge is 0.0881 e. The molecule has 1 aliphatic carbocycles. The molecule has 0 aromatic heterocycles. The Balaban J connectivity index is 2.57. The van der Waals surface area contributed by atoms with E-state index in [9.17, 15) is 0 Å². The van der Waals surface area contributed by atoms with Crippen molar-refractivity contribution in [2.75, 3.05) is 0 Å². The van der Waals surface area contributed by atoms with E-state index < -0.39 is 0 Å². The first-order valence-corrected chi connectivity index (χ1v) is 10.3. The maximum Gasteiger partial charge on any atom is 0.0253 e. The van der Waals surface area contributed by atoms with Crippen molar-refractivity contribution in [2.24, 2.45) is 17.8 Å². The highest BCUT2D eigenvalue weighted by atomic mass is 79.9. The molecule has 0 nitrogen and oxygen atoms in total. The summed E-state index contributed by atoms with van der Waals surface area (Å²) >= 11 is 11.8. The van der Waals surface area contributed by atoms with E-state index >= 15 is 0 Å². The van der Waals surface area contributed by atoms with E-state index in [0.717, 1.165) is 11.8 Å². The van der Waals surface area contributed by atoms with Crippen LogP contribution in [0.5, 0.6) is 0 Å². The summed E-state index contributed by atoms with van der Waals surface area (Å²) in [6, 6.07) is 0. The maximum atomic E-state index is 4.02. The van der Waals surface area contributed by atoms with Crippen LogP contribution in [0.3, 0.4) is 0 Å². The Morgan fingerprint density at radius 1 is 0.810 bits per heavy atom. The summed E-state index contributed by atoms with van der Waals surface area (Å²) in [6.07, 6.45) is 1.25. The first-order chi connectivity index (χ1) is 9.68. The summed E-state index contributed by atoms with van der Waals surface area (Å²) in [6.45, 7) is 13.9. The Labute approximate surface area is 154 Å². The molecule has 0 heterocycles. The monoisotopic (exact) mass is 478 g/mol. The molecule has 1 aromatic carbocycles. The second kappa shape index (κ2) is 6.65. The van der Waals surface area contributed by atoms with Crippen LogP contribution in [0.15, 0.2) is 8.95 Å². The average molecular weight is 481 g/mol. The Morgan fingerprint density at radius 3 is 1.76 bits per heavy atom. The molecule has 2 rings (SSSR count). The van der Waals surface area contributed by atoms with Gasteiger partial charge in [0.15, 0.2) is 0 Å². The van der Waals surface area contributed by atoms with Crippen molar-refractivity contribution in [3.05, 3.63) is 31.2 Å². The van der Waals surface area contributed by atoms with Crippen molar-refractivity contribution < 1.29 is 0 Å². The molecular weight excluding hydrogens is 456 g/mol. The molecule has 0 amide bonds. The molecule has 0 bridgehead atoms. The van der Waals surface area contributed by atoms with Gasteiger partial charge >= 0.3 is 0 Å². The van der Waals surface area contributed by atoms with E-state index in [0.29, 0.717) is 16.7 Å². The highest BCUT2D eigenvalue weighted by Crippen LogP contribution is 2.51. The standard InChI is InChI=1S/C18H25Br3/c1-8-7-14(16(19)11(4)9(8)2)15-17(20)12(5)10(3)13(6)18(15)21/h8-9,11,14,16H,7H2,1-6H3. The molecule has 1 saturated carbocycles. The number of alkyl halides is 1. The van der Waals surface area contributed by atoms with Gasteiger partial charge in [0, 0.05) is 13.8 Å². The second-order valence-corrected chi connectivity index (χ2v) is 9.54. The number of halogens is 3. The quantitative estimate of drug-likeness (QED) is 0.370. The number of hydrogen-bond acceptors (Lipinski definition) is 0. The summed E-state index contributed by atoms with van der Waals surface area (Å²) in [7, 11) is 0. The normalized spacial score (nSPS) is 33.3. The summed E-state index contributed by atoms with van der Waals surface area (Å²) < 4.78 is 2.58. The van der Waals surface area contributed by atoms with Crippen molar-refractivity contribution in [2.45, 2.75) is 58.7 Å². The third kappa shape index (κ3) is 3.04. The first-order valence-electron chi connectivity index (χ1n) is 7.77. The van der Waals surface area contributed by atoms with Gasteiger partial charge in [-0.25, -0.2) is 0 Å². The lowest BCUT2D eigenvalue weighted by Crippen LogP contribution is -2.36. The summed E-state index contributed by atoms with van der Waals surface area (Å²) in [4.78, 5) is 0.540. The van der Waals surface area contributed by atoms with Crippen molar-refractivity contribution in [3.63, 3.8) is 0 Å². The van der Waals surface area contributed by atoms with Gasteiger partial charge in [-0.15, -0.1) is 0 Å². The molecule has 1 aliphatic rings. The van der Waals surface area contributed by atoms with Crippen LogP contribution < -0.4 is 0 Å². The topological polar surface area (TPSA) is 0 Å².